The smallest absolute Gasteiger partial charge is 0.234 e. The summed E-state index contributed by atoms with van der Waals surface area (Å²) in [6.45, 7) is 3.04. The average Bonchev–Trinajstić information content (AvgIpc) is 3.09. The van der Waals surface area contributed by atoms with E-state index >= 15 is 0 Å². The van der Waals surface area contributed by atoms with E-state index in [1.165, 1.54) is 11.3 Å². The average molecular weight is 337 g/mol. The number of benzene rings is 1. The van der Waals surface area contributed by atoms with Crippen LogP contribution in [0.25, 0.3) is 0 Å². The van der Waals surface area contributed by atoms with E-state index < -0.39 is 5.41 Å². The monoisotopic (exact) mass is 336 g/mol. The summed E-state index contributed by atoms with van der Waals surface area (Å²) >= 11 is 7.48. The van der Waals surface area contributed by atoms with Gasteiger partial charge in [0.1, 0.15) is 0 Å². The van der Waals surface area contributed by atoms with Crippen molar-refractivity contribution >= 4 is 34.0 Å². The normalized spacial score (nSPS) is 21.0. The second-order valence-corrected chi connectivity index (χ2v) is 7.31. The number of carbonyl (C=O) groups is 1. The third-order valence-electron chi connectivity index (χ3n) is 3.81. The highest BCUT2D eigenvalue weighted by Gasteiger charge is 2.37. The second-order valence-electron chi connectivity index (χ2n) is 5.76. The first kappa shape index (κ1) is 15.5. The maximum atomic E-state index is 12.3. The highest BCUT2D eigenvalue weighted by atomic mass is 35.5. The zero-order valence-corrected chi connectivity index (χ0v) is 13.8. The molecule has 0 unspecified atom stereocenters. The molecule has 1 atom stereocenters. The summed E-state index contributed by atoms with van der Waals surface area (Å²) < 4.78 is 5.32. The Morgan fingerprint density at radius 2 is 2.41 bits per heavy atom. The molecule has 0 aliphatic carbocycles. The molecule has 1 saturated heterocycles. The lowest BCUT2D eigenvalue weighted by molar-refractivity contribution is -0.124. The Morgan fingerprint density at radius 3 is 3.14 bits per heavy atom. The van der Waals surface area contributed by atoms with E-state index in [4.69, 9.17) is 16.3 Å². The number of carbonyl (C=O) groups excluding carboxylic acids is 1. The molecule has 1 aliphatic rings. The zero-order valence-electron chi connectivity index (χ0n) is 12.3. The lowest BCUT2D eigenvalue weighted by Crippen LogP contribution is -2.33. The van der Waals surface area contributed by atoms with Crippen molar-refractivity contribution in [2.75, 3.05) is 18.5 Å². The van der Waals surface area contributed by atoms with Crippen molar-refractivity contribution in [1.29, 1.82) is 0 Å². The van der Waals surface area contributed by atoms with E-state index in [1.54, 1.807) is 6.20 Å². The van der Waals surface area contributed by atoms with Crippen molar-refractivity contribution in [2.45, 2.75) is 19.8 Å². The molecule has 2 aromatic rings. The zero-order chi connectivity index (χ0) is 15.6. The fraction of sp³-hybridized carbons (Fsp3) is 0.375. The largest absolute Gasteiger partial charge is 0.380 e. The molecule has 3 rings (SSSR count). The number of rotatable bonds is 4. The minimum Gasteiger partial charge on any atom is -0.380 e. The molecule has 1 amide bonds. The van der Waals surface area contributed by atoms with Gasteiger partial charge in [-0.05, 0) is 31.0 Å². The minimum absolute atomic E-state index is 0.0198. The highest BCUT2D eigenvalue weighted by Crippen LogP contribution is 2.30. The first-order valence-corrected chi connectivity index (χ1v) is 8.33. The van der Waals surface area contributed by atoms with Crippen LogP contribution in [0.5, 0.6) is 0 Å². The standard InChI is InChI=1S/C16H17ClN2O2S/c1-16(5-6-21-10-16)14(20)19-15-18-9-13(22-15)8-11-3-2-4-12(17)7-11/h2-4,7,9H,5-6,8,10H2,1H3,(H,18,19,20)/t16-/m0/s1. The van der Waals surface area contributed by atoms with Crippen molar-refractivity contribution in [3.63, 3.8) is 0 Å². The van der Waals surface area contributed by atoms with Crippen LogP contribution < -0.4 is 5.32 Å². The van der Waals surface area contributed by atoms with Crippen molar-refractivity contribution < 1.29 is 9.53 Å². The van der Waals surface area contributed by atoms with Gasteiger partial charge in [-0.15, -0.1) is 11.3 Å². The molecule has 1 aromatic heterocycles. The van der Waals surface area contributed by atoms with Gasteiger partial charge in [-0.2, -0.15) is 0 Å². The number of aromatic nitrogens is 1. The number of ether oxygens (including phenoxy) is 1. The number of thiazole rings is 1. The summed E-state index contributed by atoms with van der Waals surface area (Å²) in [5.41, 5.74) is 0.684. The molecule has 0 bridgehead atoms. The van der Waals surface area contributed by atoms with Crippen LogP contribution in [-0.4, -0.2) is 24.1 Å². The number of hydrogen-bond donors (Lipinski definition) is 1. The Labute approximate surface area is 138 Å². The van der Waals surface area contributed by atoms with Crippen molar-refractivity contribution in [2.24, 2.45) is 5.41 Å². The van der Waals surface area contributed by atoms with E-state index in [-0.39, 0.29) is 5.91 Å². The predicted octanol–water partition coefficient (Wildman–Crippen LogP) is 3.75. The van der Waals surface area contributed by atoms with Crippen LogP contribution in [0.3, 0.4) is 0 Å². The number of amides is 1. The summed E-state index contributed by atoms with van der Waals surface area (Å²) in [4.78, 5) is 17.7. The Bertz CT molecular complexity index is 680. The van der Waals surface area contributed by atoms with Gasteiger partial charge in [-0.1, -0.05) is 23.7 Å². The molecular weight excluding hydrogens is 320 g/mol. The van der Waals surface area contributed by atoms with Gasteiger partial charge in [0, 0.05) is 29.1 Å². The number of hydrogen-bond acceptors (Lipinski definition) is 4. The predicted molar refractivity (Wildman–Crippen MR) is 88.5 cm³/mol. The van der Waals surface area contributed by atoms with Gasteiger partial charge < -0.3 is 10.1 Å². The van der Waals surface area contributed by atoms with Crippen LogP contribution in [0.15, 0.2) is 30.5 Å². The summed E-state index contributed by atoms with van der Waals surface area (Å²) in [6.07, 6.45) is 3.31. The molecule has 0 saturated carbocycles. The van der Waals surface area contributed by atoms with Crippen molar-refractivity contribution in [1.82, 2.24) is 4.98 Å². The van der Waals surface area contributed by atoms with Gasteiger partial charge in [0.15, 0.2) is 5.13 Å². The summed E-state index contributed by atoms with van der Waals surface area (Å²) in [7, 11) is 0. The fourth-order valence-corrected chi connectivity index (χ4v) is 3.44. The summed E-state index contributed by atoms with van der Waals surface area (Å²) in [5, 5.41) is 4.27. The van der Waals surface area contributed by atoms with E-state index in [0.29, 0.717) is 18.3 Å². The van der Waals surface area contributed by atoms with Crippen LogP contribution in [0.2, 0.25) is 5.02 Å². The first-order valence-electron chi connectivity index (χ1n) is 7.13. The second kappa shape index (κ2) is 6.36. The van der Waals surface area contributed by atoms with Crippen LogP contribution >= 0.6 is 22.9 Å². The SMILES string of the molecule is C[C@]1(C(=O)Nc2ncc(Cc3cccc(Cl)c3)s2)CCOC1. The Morgan fingerprint density at radius 1 is 1.55 bits per heavy atom. The van der Waals surface area contributed by atoms with E-state index in [2.05, 4.69) is 10.3 Å². The van der Waals surface area contributed by atoms with Crippen molar-refractivity contribution in [3.05, 3.63) is 45.9 Å². The maximum absolute atomic E-state index is 12.3. The van der Waals surface area contributed by atoms with Gasteiger partial charge in [0.2, 0.25) is 5.91 Å². The first-order chi connectivity index (χ1) is 10.5. The van der Waals surface area contributed by atoms with Gasteiger partial charge in [0.25, 0.3) is 0 Å². The molecule has 116 valence electrons. The van der Waals surface area contributed by atoms with Crippen molar-refractivity contribution in [3.8, 4) is 0 Å². The molecular formula is C16H17ClN2O2S. The van der Waals surface area contributed by atoms with E-state index in [9.17, 15) is 4.79 Å². The van der Waals surface area contributed by atoms with Gasteiger partial charge in [-0.25, -0.2) is 4.98 Å². The summed E-state index contributed by atoms with van der Waals surface area (Å²) in [5.74, 6) is -0.0198. The fourth-order valence-electron chi connectivity index (χ4n) is 2.39. The number of halogens is 1. The van der Waals surface area contributed by atoms with Crippen LogP contribution in [0.4, 0.5) is 5.13 Å². The lowest BCUT2D eigenvalue weighted by atomic mass is 9.89. The van der Waals surface area contributed by atoms with Gasteiger partial charge >= 0.3 is 0 Å². The molecule has 0 spiro atoms. The van der Waals surface area contributed by atoms with Crippen LogP contribution in [0, 0.1) is 5.41 Å². The van der Waals surface area contributed by atoms with E-state index in [1.807, 2.05) is 31.2 Å². The number of nitrogens with zero attached hydrogens (tertiary/aromatic N) is 1. The molecule has 1 aliphatic heterocycles. The molecule has 0 radical (unpaired) electrons. The molecule has 6 heteroatoms. The Kier molecular flexibility index (Phi) is 4.47. The molecule has 2 heterocycles. The third-order valence-corrected chi connectivity index (χ3v) is 4.96. The van der Waals surface area contributed by atoms with Crippen LogP contribution in [0.1, 0.15) is 23.8 Å². The topological polar surface area (TPSA) is 51.2 Å². The highest BCUT2D eigenvalue weighted by molar-refractivity contribution is 7.15. The maximum Gasteiger partial charge on any atom is 0.234 e. The minimum atomic E-state index is -0.446. The van der Waals surface area contributed by atoms with Gasteiger partial charge in [-0.3, -0.25) is 4.79 Å². The van der Waals surface area contributed by atoms with E-state index in [0.717, 1.165) is 28.3 Å². The number of nitrogens with one attached hydrogen (secondary N) is 1. The Hall–Kier alpha value is -1.43. The third kappa shape index (κ3) is 3.48. The lowest BCUT2D eigenvalue weighted by Gasteiger charge is -2.19. The quantitative estimate of drug-likeness (QED) is 0.925. The molecule has 22 heavy (non-hydrogen) atoms. The Balaban J connectivity index is 1.65. The molecule has 1 N–H and O–H groups in total. The van der Waals surface area contributed by atoms with Gasteiger partial charge in [0.05, 0.1) is 12.0 Å². The molecule has 1 fully saturated rings. The molecule has 1 aromatic carbocycles. The summed E-state index contributed by atoms with van der Waals surface area (Å²) in [6, 6.07) is 7.76. The molecule has 4 nitrogen and oxygen atoms in total. The van der Waals surface area contributed by atoms with Crippen LogP contribution in [-0.2, 0) is 16.0 Å². The number of anilines is 1.